The Labute approximate surface area is 209 Å². The minimum Gasteiger partial charge on any atom is -0.368 e. The normalized spacial score (nSPS) is 15.6. The van der Waals surface area contributed by atoms with Gasteiger partial charge in [0.15, 0.2) is 0 Å². The first-order valence-electron chi connectivity index (χ1n) is 11.8. The number of hydrogen-bond acceptors (Lipinski definition) is 6. The molecule has 9 heteroatoms. The average Bonchev–Trinajstić information content (AvgIpc) is 2.84. The lowest BCUT2D eigenvalue weighted by molar-refractivity contribution is -0.135. The van der Waals surface area contributed by atoms with Crippen LogP contribution in [0.1, 0.15) is 56.0 Å². The van der Waals surface area contributed by atoms with Gasteiger partial charge in [-0.2, -0.15) is 0 Å². The summed E-state index contributed by atoms with van der Waals surface area (Å²) < 4.78 is 0. The number of piperidine rings is 1. The Morgan fingerprint density at radius 1 is 1.11 bits per heavy atom. The maximum Gasteiger partial charge on any atom is 0.225 e. The van der Waals surface area contributed by atoms with Crippen LogP contribution in [0.3, 0.4) is 0 Å². The molecule has 0 bridgehead atoms. The quantitative estimate of drug-likeness (QED) is 0.482. The minimum absolute atomic E-state index is 0.00965. The minimum atomic E-state index is -0.197. The number of nitrogen functional groups attached to an aromatic ring is 1. The molecule has 0 aliphatic carbocycles. The summed E-state index contributed by atoms with van der Waals surface area (Å²) >= 11 is 6.06. The molecule has 1 saturated heterocycles. The van der Waals surface area contributed by atoms with Crippen LogP contribution in [0.5, 0.6) is 0 Å². The van der Waals surface area contributed by atoms with Crippen LogP contribution in [0.25, 0.3) is 11.1 Å². The molecule has 3 aromatic rings. The summed E-state index contributed by atoms with van der Waals surface area (Å²) in [4.78, 5) is 40.5. The van der Waals surface area contributed by atoms with Gasteiger partial charge in [0, 0.05) is 41.9 Å². The van der Waals surface area contributed by atoms with Crippen molar-refractivity contribution < 1.29 is 9.59 Å². The van der Waals surface area contributed by atoms with Gasteiger partial charge in [0.25, 0.3) is 0 Å². The standard InChI is InChI=1S/C26H29ClN6O2/c1-17-6-4-8-22(30-17)31-23(34)9-5-10-24(35)33-15-3-2-7-21(33)25-20(16-29-26(28)32-25)18-11-13-19(27)14-12-18/h4,6,8,11-14,16,21H,2-3,5,7,9-10,15H2,1H3,(H2,28,29,32)(H,30,31,34)/t21-/m1/s1. The highest BCUT2D eigenvalue weighted by atomic mass is 35.5. The van der Waals surface area contributed by atoms with Crippen LogP contribution in [0, 0.1) is 6.92 Å². The van der Waals surface area contributed by atoms with E-state index in [4.69, 9.17) is 17.3 Å². The van der Waals surface area contributed by atoms with E-state index in [0.29, 0.717) is 23.8 Å². The average molecular weight is 493 g/mol. The van der Waals surface area contributed by atoms with E-state index in [9.17, 15) is 9.59 Å². The number of aryl methyl sites for hydroxylation is 1. The van der Waals surface area contributed by atoms with Crippen molar-refractivity contribution in [1.82, 2.24) is 19.9 Å². The molecule has 8 nitrogen and oxygen atoms in total. The summed E-state index contributed by atoms with van der Waals surface area (Å²) in [7, 11) is 0. The molecule has 2 amide bonds. The maximum atomic E-state index is 13.2. The first-order valence-corrected chi connectivity index (χ1v) is 12.2. The zero-order valence-corrected chi connectivity index (χ0v) is 20.5. The van der Waals surface area contributed by atoms with Crippen molar-refractivity contribution in [2.75, 3.05) is 17.6 Å². The van der Waals surface area contributed by atoms with Crippen molar-refractivity contribution in [3.05, 3.63) is 65.1 Å². The monoisotopic (exact) mass is 492 g/mol. The summed E-state index contributed by atoms with van der Waals surface area (Å²) in [6, 6.07) is 12.7. The number of anilines is 2. The Balaban J connectivity index is 1.44. The predicted octanol–water partition coefficient (Wildman–Crippen LogP) is 4.95. The van der Waals surface area contributed by atoms with E-state index in [1.165, 1.54) is 0 Å². The molecule has 35 heavy (non-hydrogen) atoms. The van der Waals surface area contributed by atoms with E-state index >= 15 is 0 Å². The number of nitrogens with two attached hydrogens (primary N) is 1. The highest BCUT2D eigenvalue weighted by molar-refractivity contribution is 6.30. The van der Waals surface area contributed by atoms with Crippen LogP contribution in [0.2, 0.25) is 5.02 Å². The Bertz CT molecular complexity index is 1200. The molecule has 1 aliphatic heterocycles. The molecule has 0 saturated carbocycles. The third-order valence-corrected chi connectivity index (χ3v) is 6.33. The predicted molar refractivity (Wildman–Crippen MR) is 137 cm³/mol. The van der Waals surface area contributed by atoms with E-state index in [0.717, 1.165) is 41.8 Å². The van der Waals surface area contributed by atoms with Gasteiger partial charge >= 0.3 is 0 Å². The van der Waals surface area contributed by atoms with Crippen LogP contribution in [-0.4, -0.2) is 38.2 Å². The van der Waals surface area contributed by atoms with Crippen LogP contribution in [0.4, 0.5) is 11.8 Å². The lowest BCUT2D eigenvalue weighted by Gasteiger charge is -2.36. The zero-order valence-electron chi connectivity index (χ0n) is 19.7. The summed E-state index contributed by atoms with van der Waals surface area (Å²) in [5.41, 5.74) is 9.28. The number of benzene rings is 1. The molecule has 0 unspecified atom stereocenters. The van der Waals surface area contributed by atoms with Crippen molar-refractivity contribution in [1.29, 1.82) is 0 Å². The molecule has 182 valence electrons. The van der Waals surface area contributed by atoms with Crippen molar-refractivity contribution >= 4 is 35.2 Å². The first-order chi connectivity index (χ1) is 16.9. The number of nitrogens with one attached hydrogen (secondary N) is 1. The second kappa shape index (κ2) is 11.3. The van der Waals surface area contributed by atoms with Crippen molar-refractivity contribution in [3.63, 3.8) is 0 Å². The molecule has 0 radical (unpaired) electrons. The number of carbonyl (C=O) groups is 2. The second-order valence-electron chi connectivity index (χ2n) is 8.70. The number of rotatable bonds is 7. The third-order valence-electron chi connectivity index (χ3n) is 6.08. The summed E-state index contributed by atoms with van der Waals surface area (Å²) in [5, 5.41) is 3.43. The van der Waals surface area contributed by atoms with E-state index in [2.05, 4.69) is 20.3 Å². The Morgan fingerprint density at radius 3 is 2.69 bits per heavy atom. The van der Waals surface area contributed by atoms with Gasteiger partial charge in [-0.1, -0.05) is 29.8 Å². The maximum absolute atomic E-state index is 13.2. The molecule has 3 N–H and O–H groups in total. The molecule has 2 aromatic heterocycles. The number of hydrogen-bond donors (Lipinski definition) is 2. The molecule has 3 heterocycles. The SMILES string of the molecule is Cc1cccc(NC(=O)CCCC(=O)N2CCCC[C@@H]2c2nc(N)ncc2-c2ccc(Cl)cc2)n1. The summed E-state index contributed by atoms with van der Waals surface area (Å²) in [6.45, 7) is 2.51. The molecule has 4 rings (SSSR count). The Morgan fingerprint density at radius 2 is 1.91 bits per heavy atom. The number of amides is 2. The van der Waals surface area contributed by atoms with Crippen LogP contribution in [0.15, 0.2) is 48.7 Å². The van der Waals surface area contributed by atoms with Crippen molar-refractivity contribution in [2.24, 2.45) is 0 Å². The van der Waals surface area contributed by atoms with E-state index in [1.54, 1.807) is 12.3 Å². The second-order valence-corrected chi connectivity index (χ2v) is 9.14. The third kappa shape index (κ3) is 6.33. The van der Waals surface area contributed by atoms with E-state index in [1.807, 2.05) is 48.2 Å². The number of aromatic nitrogens is 3. The lowest BCUT2D eigenvalue weighted by Crippen LogP contribution is -2.39. The summed E-state index contributed by atoms with van der Waals surface area (Å²) in [6.07, 6.45) is 5.40. The first kappa shape index (κ1) is 24.6. The number of carbonyl (C=O) groups excluding carboxylic acids is 2. The van der Waals surface area contributed by atoms with E-state index in [-0.39, 0.29) is 36.6 Å². The topological polar surface area (TPSA) is 114 Å². The number of nitrogens with zero attached hydrogens (tertiary/aromatic N) is 4. The van der Waals surface area contributed by atoms with Crippen LogP contribution in [-0.2, 0) is 9.59 Å². The highest BCUT2D eigenvalue weighted by Crippen LogP contribution is 2.36. The fourth-order valence-electron chi connectivity index (χ4n) is 4.39. The summed E-state index contributed by atoms with van der Waals surface area (Å²) in [5.74, 6) is 0.556. The van der Waals surface area contributed by atoms with Crippen LogP contribution >= 0.6 is 11.6 Å². The molecule has 1 atom stereocenters. The van der Waals surface area contributed by atoms with Gasteiger partial charge in [0.2, 0.25) is 17.8 Å². The number of halogens is 1. The Hall–Kier alpha value is -3.52. The van der Waals surface area contributed by atoms with Gasteiger partial charge in [-0.25, -0.2) is 15.0 Å². The molecule has 0 spiro atoms. The fourth-order valence-corrected chi connectivity index (χ4v) is 4.52. The molecule has 1 fully saturated rings. The van der Waals surface area contributed by atoms with E-state index < -0.39 is 0 Å². The van der Waals surface area contributed by atoms with Crippen molar-refractivity contribution in [2.45, 2.75) is 51.5 Å². The molecular weight excluding hydrogens is 464 g/mol. The zero-order chi connectivity index (χ0) is 24.8. The number of pyridine rings is 1. The van der Waals surface area contributed by atoms with Gasteiger partial charge in [-0.15, -0.1) is 0 Å². The van der Waals surface area contributed by atoms with Gasteiger partial charge in [-0.05, 0) is 62.4 Å². The lowest BCUT2D eigenvalue weighted by atomic mass is 9.93. The van der Waals surface area contributed by atoms with Gasteiger partial charge in [-0.3, -0.25) is 9.59 Å². The highest BCUT2D eigenvalue weighted by Gasteiger charge is 2.31. The largest absolute Gasteiger partial charge is 0.368 e. The molecule has 1 aliphatic rings. The van der Waals surface area contributed by atoms with Crippen LogP contribution < -0.4 is 11.1 Å². The van der Waals surface area contributed by atoms with Gasteiger partial charge in [0.1, 0.15) is 5.82 Å². The van der Waals surface area contributed by atoms with Crippen molar-refractivity contribution in [3.8, 4) is 11.1 Å². The number of likely N-dealkylation sites (tertiary alicyclic amines) is 1. The fraction of sp³-hybridized carbons (Fsp3) is 0.346. The molecule has 1 aromatic carbocycles. The smallest absolute Gasteiger partial charge is 0.225 e. The van der Waals surface area contributed by atoms with Gasteiger partial charge in [0.05, 0.1) is 11.7 Å². The molecular formula is C26H29ClN6O2. The Kier molecular flexibility index (Phi) is 7.92. The van der Waals surface area contributed by atoms with Gasteiger partial charge < -0.3 is 16.0 Å².